The number of aliphatic hydroxyl groups excluding tert-OH is 1. The molecular formula is C33H38O4SSi. The van der Waals surface area contributed by atoms with Crippen molar-refractivity contribution in [1.29, 1.82) is 0 Å². The van der Waals surface area contributed by atoms with Gasteiger partial charge in [-0.15, -0.1) is 11.8 Å². The van der Waals surface area contributed by atoms with Gasteiger partial charge in [-0.2, -0.15) is 0 Å². The number of hydrogen-bond donors (Lipinski definition) is 1. The van der Waals surface area contributed by atoms with E-state index in [-0.39, 0.29) is 5.04 Å². The minimum Gasteiger partial charge on any atom is -0.398 e. The first kappa shape index (κ1) is 29.4. The Morgan fingerprint density at radius 2 is 1.46 bits per heavy atom. The van der Waals surface area contributed by atoms with Crippen molar-refractivity contribution in [2.75, 3.05) is 12.4 Å². The molecule has 4 nitrogen and oxygen atoms in total. The van der Waals surface area contributed by atoms with E-state index in [1.54, 1.807) is 11.8 Å². The van der Waals surface area contributed by atoms with Crippen molar-refractivity contribution in [2.24, 2.45) is 0 Å². The number of rotatable bonds is 9. The molecule has 0 saturated carbocycles. The number of hydrogen-bond acceptors (Lipinski definition) is 5. The van der Waals surface area contributed by atoms with Gasteiger partial charge in [0.25, 0.3) is 8.32 Å². The number of ether oxygens (including phenoxy) is 2. The quantitative estimate of drug-likeness (QED) is 0.165. The number of benzene rings is 3. The second-order valence-corrected chi connectivity index (χ2v) is 15.7. The van der Waals surface area contributed by atoms with Gasteiger partial charge in [-0.25, -0.2) is 0 Å². The molecule has 1 aliphatic heterocycles. The molecule has 0 saturated heterocycles. The predicted octanol–water partition coefficient (Wildman–Crippen LogP) is 5.41. The zero-order valence-corrected chi connectivity index (χ0v) is 24.9. The number of thioether (sulfide) groups is 1. The summed E-state index contributed by atoms with van der Waals surface area (Å²) in [7, 11) is -2.88. The Balaban J connectivity index is 1.68. The average molecular weight is 559 g/mol. The van der Waals surface area contributed by atoms with Crippen LogP contribution in [-0.2, 0) is 13.9 Å². The van der Waals surface area contributed by atoms with E-state index in [0.29, 0.717) is 12.4 Å². The summed E-state index contributed by atoms with van der Waals surface area (Å²) >= 11 is 1.64. The molecule has 0 fully saturated rings. The van der Waals surface area contributed by atoms with Crippen molar-refractivity contribution in [3.05, 3.63) is 103 Å². The first-order valence-electron chi connectivity index (χ1n) is 13.4. The molecule has 0 bridgehead atoms. The molecular weight excluding hydrogens is 521 g/mol. The zero-order chi connectivity index (χ0) is 27.7. The van der Waals surface area contributed by atoms with Gasteiger partial charge in [0.15, 0.2) is 6.29 Å². The van der Waals surface area contributed by atoms with Gasteiger partial charge in [-0.1, -0.05) is 118 Å². The summed E-state index contributed by atoms with van der Waals surface area (Å²) in [5, 5.41) is 13.4. The molecule has 4 atom stereocenters. The molecule has 1 N–H and O–H groups in total. The van der Waals surface area contributed by atoms with E-state index < -0.39 is 32.9 Å². The maximum Gasteiger partial charge on any atom is 0.262 e. The van der Waals surface area contributed by atoms with E-state index in [4.69, 9.17) is 13.9 Å². The molecule has 3 aromatic rings. The molecule has 4 rings (SSSR count). The van der Waals surface area contributed by atoms with Gasteiger partial charge in [0.1, 0.15) is 12.2 Å². The van der Waals surface area contributed by atoms with Crippen LogP contribution in [0.5, 0.6) is 0 Å². The lowest BCUT2D eigenvalue weighted by Crippen LogP contribution is -2.69. The fourth-order valence-corrected chi connectivity index (χ4v) is 10.3. The largest absolute Gasteiger partial charge is 0.398 e. The number of aliphatic hydroxyl groups is 1. The van der Waals surface area contributed by atoms with Crippen LogP contribution in [0.2, 0.25) is 5.04 Å². The third kappa shape index (κ3) is 7.12. The SMILES string of the molecule is CCO[C@@H]1C=C[C@H](O[Si](c2ccccc2)(c2ccccc2)C(C)(C)C)[C@@H]([C@H](O)C#CCSc2ccccc2)O1. The van der Waals surface area contributed by atoms with Gasteiger partial charge in [0.2, 0.25) is 0 Å². The van der Waals surface area contributed by atoms with Crippen LogP contribution in [0, 0.1) is 11.8 Å². The summed E-state index contributed by atoms with van der Waals surface area (Å²) in [6.45, 7) is 9.14. The Labute approximate surface area is 238 Å². The van der Waals surface area contributed by atoms with Gasteiger partial charge in [0.05, 0.1) is 11.9 Å². The average Bonchev–Trinajstić information content (AvgIpc) is 2.95. The highest BCUT2D eigenvalue weighted by molar-refractivity contribution is 7.99. The second-order valence-electron chi connectivity index (χ2n) is 10.4. The van der Waals surface area contributed by atoms with Crippen LogP contribution >= 0.6 is 11.8 Å². The smallest absolute Gasteiger partial charge is 0.262 e. The third-order valence-electron chi connectivity index (χ3n) is 6.75. The lowest BCUT2D eigenvalue weighted by atomic mass is 10.1. The van der Waals surface area contributed by atoms with Gasteiger partial charge < -0.3 is 19.0 Å². The minimum absolute atomic E-state index is 0.214. The van der Waals surface area contributed by atoms with Crippen molar-refractivity contribution in [2.45, 2.75) is 62.2 Å². The maximum absolute atomic E-state index is 11.3. The van der Waals surface area contributed by atoms with Crippen LogP contribution in [-0.4, -0.2) is 50.4 Å². The van der Waals surface area contributed by atoms with E-state index >= 15 is 0 Å². The van der Waals surface area contributed by atoms with Crippen molar-refractivity contribution >= 4 is 30.5 Å². The van der Waals surface area contributed by atoms with Crippen molar-refractivity contribution in [3.63, 3.8) is 0 Å². The molecule has 0 spiro atoms. The Bertz CT molecular complexity index is 1210. The summed E-state index contributed by atoms with van der Waals surface area (Å²) < 4.78 is 19.3. The third-order valence-corrected chi connectivity index (χ3v) is 12.7. The molecule has 0 unspecified atom stereocenters. The Hall–Kier alpha value is -2.63. The first-order valence-corrected chi connectivity index (χ1v) is 16.3. The zero-order valence-electron chi connectivity index (χ0n) is 23.1. The van der Waals surface area contributed by atoms with Gasteiger partial charge in [-0.3, -0.25) is 0 Å². The molecule has 1 aliphatic rings. The highest BCUT2D eigenvalue weighted by Crippen LogP contribution is 2.39. The molecule has 1 heterocycles. The Morgan fingerprint density at radius 1 is 0.897 bits per heavy atom. The standard InChI is InChI=1S/C33H38O4SSi/c1-5-35-31-24-23-30(32(36-31)29(34)22-15-25-38-26-16-9-6-10-17-26)37-39(33(2,3)4,27-18-11-7-12-19-27)28-20-13-8-14-21-28/h6-14,16-21,23-24,29-32,34H,5,25H2,1-4H3/t29-,30+,31+,32-/m1/s1. The van der Waals surface area contributed by atoms with Gasteiger partial charge >= 0.3 is 0 Å². The summed E-state index contributed by atoms with van der Waals surface area (Å²) in [5.41, 5.74) is 0. The molecule has 204 valence electrons. The Kier molecular flexibility index (Phi) is 10.3. The lowest BCUT2D eigenvalue weighted by Gasteiger charge is -2.47. The molecule has 39 heavy (non-hydrogen) atoms. The summed E-state index contributed by atoms with van der Waals surface area (Å²) in [5.74, 6) is 6.72. The van der Waals surface area contributed by atoms with E-state index in [1.165, 1.54) is 10.4 Å². The van der Waals surface area contributed by atoms with E-state index in [1.807, 2.05) is 49.4 Å². The summed E-state index contributed by atoms with van der Waals surface area (Å²) in [6.07, 6.45) is 1.04. The first-order chi connectivity index (χ1) is 18.8. The van der Waals surface area contributed by atoms with Gasteiger partial charge in [-0.05, 0) is 40.5 Å². The maximum atomic E-state index is 11.3. The van der Waals surface area contributed by atoms with Gasteiger partial charge in [0, 0.05) is 11.5 Å². The van der Waals surface area contributed by atoms with Crippen molar-refractivity contribution in [3.8, 4) is 11.8 Å². The predicted molar refractivity (Wildman–Crippen MR) is 163 cm³/mol. The molecule has 6 heteroatoms. The topological polar surface area (TPSA) is 47.9 Å². The molecule has 0 radical (unpaired) electrons. The van der Waals surface area contributed by atoms with Crippen molar-refractivity contribution in [1.82, 2.24) is 0 Å². The normalized spacial score (nSPS) is 20.2. The van der Waals surface area contributed by atoms with Crippen LogP contribution in [0.4, 0.5) is 0 Å². The van der Waals surface area contributed by atoms with E-state index in [0.717, 1.165) is 4.90 Å². The van der Waals surface area contributed by atoms with Crippen LogP contribution in [0.1, 0.15) is 27.7 Å². The molecule has 0 amide bonds. The lowest BCUT2D eigenvalue weighted by molar-refractivity contribution is -0.184. The highest BCUT2D eigenvalue weighted by Gasteiger charge is 2.53. The van der Waals surface area contributed by atoms with Crippen LogP contribution in [0.3, 0.4) is 0 Å². The molecule has 0 aliphatic carbocycles. The summed E-state index contributed by atoms with van der Waals surface area (Å²) in [4.78, 5) is 1.14. The second kappa shape index (κ2) is 13.6. The monoisotopic (exact) mass is 558 g/mol. The fraction of sp³-hybridized carbons (Fsp3) is 0.333. The minimum atomic E-state index is -2.88. The fourth-order valence-electron chi connectivity index (χ4n) is 4.97. The van der Waals surface area contributed by atoms with E-state index in [9.17, 15) is 5.11 Å². The molecule has 3 aromatic carbocycles. The van der Waals surface area contributed by atoms with Crippen LogP contribution in [0.25, 0.3) is 0 Å². The molecule has 0 aromatic heterocycles. The van der Waals surface area contributed by atoms with E-state index in [2.05, 4.69) is 93.3 Å². The van der Waals surface area contributed by atoms with Crippen LogP contribution in [0.15, 0.2) is 108 Å². The summed E-state index contributed by atoms with van der Waals surface area (Å²) in [6, 6.07) is 31.1. The highest BCUT2D eigenvalue weighted by atomic mass is 32.2. The van der Waals surface area contributed by atoms with Crippen molar-refractivity contribution < 1.29 is 19.0 Å². The van der Waals surface area contributed by atoms with Crippen LogP contribution < -0.4 is 10.4 Å². The Morgan fingerprint density at radius 3 is 2.00 bits per heavy atom.